The second-order valence-corrected chi connectivity index (χ2v) is 12.6. The van der Waals surface area contributed by atoms with E-state index in [9.17, 15) is 18.0 Å². The number of nitrogens with zero attached hydrogens (tertiary/aromatic N) is 4. The lowest BCUT2D eigenvalue weighted by Gasteiger charge is -2.46. The van der Waals surface area contributed by atoms with Crippen LogP contribution in [0.15, 0.2) is 23.3 Å². The van der Waals surface area contributed by atoms with Gasteiger partial charge in [-0.2, -0.15) is 13.2 Å². The van der Waals surface area contributed by atoms with Crippen LogP contribution in [0.3, 0.4) is 0 Å². The number of alkyl halides is 3. The lowest BCUT2D eigenvalue weighted by molar-refractivity contribution is -0.136. The number of hydrogen-bond acceptors (Lipinski definition) is 6. The summed E-state index contributed by atoms with van der Waals surface area (Å²) in [7, 11) is 3.80. The van der Waals surface area contributed by atoms with E-state index in [0.717, 1.165) is 51.7 Å². The summed E-state index contributed by atoms with van der Waals surface area (Å²) in [5.41, 5.74) is 6.12. The fourth-order valence-electron chi connectivity index (χ4n) is 7.85. The van der Waals surface area contributed by atoms with Crippen LogP contribution in [0.1, 0.15) is 75.0 Å². The van der Waals surface area contributed by atoms with E-state index in [4.69, 9.17) is 4.74 Å². The summed E-state index contributed by atoms with van der Waals surface area (Å²) in [5.74, 6) is 1.53. The van der Waals surface area contributed by atoms with Crippen molar-refractivity contribution in [2.75, 3.05) is 33.9 Å². The second kappa shape index (κ2) is 11.4. The first-order chi connectivity index (χ1) is 19.2. The Morgan fingerprint density at radius 3 is 2.52 bits per heavy atom. The summed E-state index contributed by atoms with van der Waals surface area (Å²) >= 11 is 0. The van der Waals surface area contributed by atoms with Gasteiger partial charge in [-0.15, -0.1) is 0 Å². The monoisotopic (exact) mass is 564 g/mol. The lowest BCUT2D eigenvalue weighted by Crippen LogP contribution is -2.50. The topological polar surface area (TPSA) is 66.2 Å². The molecule has 40 heavy (non-hydrogen) atoms. The molecule has 8 nitrogen and oxygen atoms in total. The largest absolute Gasteiger partial charge is 0.418 e. The molecule has 4 heterocycles. The average Bonchev–Trinajstić information content (AvgIpc) is 3.48. The van der Waals surface area contributed by atoms with Gasteiger partial charge in [0.1, 0.15) is 0 Å². The van der Waals surface area contributed by atoms with E-state index in [1.54, 1.807) is 17.9 Å². The number of ether oxygens (including phenoxy) is 1. The van der Waals surface area contributed by atoms with Crippen LogP contribution in [0.2, 0.25) is 0 Å². The van der Waals surface area contributed by atoms with Gasteiger partial charge in [0.05, 0.1) is 30.0 Å². The highest BCUT2D eigenvalue weighted by Gasteiger charge is 2.44. The molecule has 2 aromatic heterocycles. The zero-order valence-electron chi connectivity index (χ0n) is 23.6. The number of nitrogens with one attached hydrogen (secondary N) is 2. The summed E-state index contributed by atoms with van der Waals surface area (Å²) in [6.07, 6.45) is 8.21. The summed E-state index contributed by atoms with van der Waals surface area (Å²) in [6, 6.07) is 1.14. The van der Waals surface area contributed by atoms with Gasteiger partial charge in [-0.1, -0.05) is 25.7 Å². The van der Waals surface area contributed by atoms with Gasteiger partial charge in [0.2, 0.25) is 0 Å². The van der Waals surface area contributed by atoms with Crippen molar-refractivity contribution in [1.82, 2.24) is 29.6 Å². The van der Waals surface area contributed by atoms with E-state index in [2.05, 4.69) is 27.7 Å². The Hall–Kier alpha value is -1.92. The molecule has 6 rings (SSSR count). The number of fused-ring (bicyclic) bond motifs is 1. The summed E-state index contributed by atoms with van der Waals surface area (Å²) in [4.78, 5) is 18.2. The number of aromatic nitrogens is 2. The van der Waals surface area contributed by atoms with Gasteiger partial charge in [-0.25, -0.2) is 15.6 Å². The van der Waals surface area contributed by atoms with Crippen LogP contribution >= 0.6 is 0 Å². The molecule has 4 fully saturated rings. The Bertz CT molecular complexity index is 1240. The molecule has 0 aromatic carbocycles. The van der Waals surface area contributed by atoms with Crippen LogP contribution in [0, 0.1) is 17.8 Å². The predicted molar refractivity (Wildman–Crippen MR) is 146 cm³/mol. The van der Waals surface area contributed by atoms with Crippen molar-refractivity contribution in [3.05, 3.63) is 40.1 Å². The van der Waals surface area contributed by atoms with Gasteiger partial charge in [-0.3, -0.25) is 18.8 Å². The lowest BCUT2D eigenvalue weighted by atomic mass is 9.65. The molecule has 0 radical (unpaired) electrons. The molecule has 4 aliphatic rings. The molecule has 5 atom stereocenters. The maximum atomic E-state index is 14.3. The molecule has 3 unspecified atom stereocenters. The molecule has 2 aromatic rings. The quantitative estimate of drug-likeness (QED) is 0.526. The third-order valence-electron chi connectivity index (χ3n) is 10.1. The number of likely N-dealkylation sites (tertiary alicyclic amines) is 1. The van der Waals surface area contributed by atoms with Gasteiger partial charge >= 0.3 is 11.9 Å². The average molecular weight is 565 g/mol. The normalized spacial score (nSPS) is 30.1. The minimum Gasteiger partial charge on any atom is -0.380 e. The summed E-state index contributed by atoms with van der Waals surface area (Å²) < 4.78 is 51.3. The molecule has 2 aliphatic carbocycles. The van der Waals surface area contributed by atoms with E-state index in [1.807, 2.05) is 0 Å². The Morgan fingerprint density at radius 1 is 1.07 bits per heavy atom. The fourth-order valence-corrected chi connectivity index (χ4v) is 7.85. The minimum atomic E-state index is -4.55. The van der Waals surface area contributed by atoms with E-state index in [1.165, 1.54) is 35.9 Å². The van der Waals surface area contributed by atoms with Crippen LogP contribution in [0.25, 0.3) is 5.52 Å². The smallest absolute Gasteiger partial charge is 0.380 e. The van der Waals surface area contributed by atoms with Crippen molar-refractivity contribution in [3.63, 3.8) is 0 Å². The van der Waals surface area contributed by atoms with Crippen LogP contribution in [-0.2, 0) is 17.5 Å². The maximum absolute atomic E-state index is 14.3. The van der Waals surface area contributed by atoms with Crippen molar-refractivity contribution < 1.29 is 17.9 Å². The zero-order chi connectivity index (χ0) is 28.0. The van der Waals surface area contributed by atoms with E-state index >= 15 is 0 Å². The Labute approximate surface area is 233 Å². The van der Waals surface area contributed by atoms with Crippen LogP contribution in [0.5, 0.6) is 0 Å². The number of pyridine rings is 1. The van der Waals surface area contributed by atoms with Crippen molar-refractivity contribution >= 4 is 5.52 Å². The molecule has 2 saturated carbocycles. The van der Waals surface area contributed by atoms with Crippen molar-refractivity contribution in [2.24, 2.45) is 17.8 Å². The predicted octanol–water partition coefficient (Wildman–Crippen LogP) is 4.20. The first kappa shape index (κ1) is 28.2. The number of halogens is 3. The first-order valence-electron chi connectivity index (χ1n) is 15.0. The highest BCUT2D eigenvalue weighted by Crippen LogP contribution is 2.47. The molecule has 222 valence electrons. The molecular weight excluding hydrogens is 521 g/mol. The molecule has 2 N–H and O–H groups in total. The van der Waals surface area contributed by atoms with Crippen molar-refractivity contribution in [1.29, 1.82) is 0 Å². The summed E-state index contributed by atoms with van der Waals surface area (Å²) in [6.45, 7) is 2.64. The highest BCUT2D eigenvalue weighted by molar-refractivity contribution is 5.56. The number of hydrogen-bond donors (Lipinski definition) is 2. The van der Waals surface area contributed by atoms with Crippen LogP contribution in [-0.4, -0.2) is 65.0 Å². The van der Waals surface area contributed by atoms with Gasteiger partial charge in [0.25, 0.3) is 0 Å². The molecular formula is C29H43F3N6O2. The SMILES string of the molecule is CO[C@@H]1CCCN(Cc2cc(C(F)(F)F)c3cn(C4CCCC([C@@H](C5CCC5)C5NNCN5C)C4)c(=O)n3c2)C1. The third-order valence-corrected chi connectivity index (χ3v) is 10.1. The Morgan fingerprint density at radius 2 is 1.85 bits per heavy atom. The molecule has 0 bridgehead atoms. The summed E-state index contributed by atoms with van der Waals surface area (Å²) in [5, 5.41) is 0. The van der Waals surface area contributed by atoms with Crippen molar-refractivity contribution in [2.45, 2.75) is 88.8 Å². The number of hydrazine groups is 1. The molecule has 0 spiro atoms. The maximum Gasteiger partial charge on any atom is 0.418 e. The van der Waals surface area contributed by atoms with Crippen molar-refractivity contribution in [3.8, 4) is 0 Å². The third kappa shape index (κ3) is 5.47. The molecule has 2 saturated heterocycles. The Kier molecular flexibility index (Phi) is 8.04. The van der Waals surface area contributed by atoms with Crippen LogP contribution < -0.4 is 16.5 Å². The fraction of sp³-hybridized carbons (Fsp3) is 0.759. The second-order valence-electron chi connectivity index (χ2n) is 12.6. The van der Waals surface area contributed by atoms with Gasteiger partial charge < -0.3 is 4.74 Å². The van der Waals surface area contributed by atoms with E-state index < -0.39 is 11.7 Å². The first-order valence-corrected chi connectivity index (χ1v) is 15.0. The van der Waals surface area contributed by atoms with Crippen LogP contribution in [0.4, 0.5) is 13.2 Å². The number of rotatable bonds is 7. The number of methoxy groups -OCH3 is 1. The number of imidazole rings is 1. The standard InChI is InChI=1S/C29H43F3N6O2/c1-35-18-33-34-27(35)26(20-6-3-7-20)21-8-4-9-22(13-21)37-17-25-24(29(30,31)32)12-19(15-38(25)28(37)39)14-36-11-5-10-23(16-36)40-2/h12,15,17,20-23,26-27,33-34H,3-11,13-14,16,18H2,1-2H3/t21?,22?,23-,26-,27?/m1/s1. The van der Waals surface area contributed by atoms with Gasteiger partial charge in [0.15, 0.2) is 0 Å². The molecule has 2 aliphatic heterocycles. The van der Waals surface area contributed by atoms with Gasteiger partial charge in [-0.05, 0) is 75.1 Å². The highest BCUT2D eigenvalue weighted by atomic mass is 19.4. The Balaban J connectivity index is 1.30. The van der Waals surface area contributed by atoms with E-state index in [-0.39, 0.29) is 29.5 Å². The van der Waals surface area contributed by atoms with E-state index in [0.29, 0.717) is 36.4 Å². The van der Waals surface area contributed by atoms with Gasteiger partial charge in [0, 0.05) is 38.6 Å². The zero-order valence-corrected chi connectivity index (χ0v) is 23.6. The molecule has 0 amide bonds. The molecule has 11 heteroatoms. The minimum absolute atomic E-state index is 0.0475. The number of piperidine rings is 1.